The first kappa shape index (κ1) is 25.8. The van der Waals surface area contributed by atoms with Gasteiger partial charge in [-0.2, -0.15) is 0 Å². The third-order valence-corrected chi connectivity index (χ3v) is 6.32. The van der Waals surface area contributed by atoms with Crippen molar-refractivity contribution in [1.82, 2.24) is 19.4 Å². The zero-order valence-corrected chi connectivity index (χ0v) is 22.3. The third-order valence-electron chi connectivity index (χ3n) is 6.03. The van der Waals surface area contributed by atoms with Crippen LogP contribution in [0.3, 0.4) is 0 Å². The molecule has 0 saturated heterocycles. The van der Waals surface area contributed by atoms with Gasteiger partial charge in [-0.3, -0.25) is 4.98 Å². The van der Waals surface area contributed by atoms with E-state index in [0.29, 0.717) is 34.4 Å². The van der Waals surface area contributed by atoms with Crippen LogP contribution in [0.15, 0.2) is 79.5 Å². The molecule has 0 bridgehead atoms. The van der Waals surface area contributed by atoms with E-state index in [1.807, 2.05) is 59.1 Å². The van der Waals surface area contributed by atoms with Crippen molar-refractivity contribution >= 4 is 40.5 Å². The van der Waals surface area contributed by atoms with Gasteiger partial charge in [0.25, 0.3) is 0 Å². The molecular weight excluding hydrogens is 518 g/mol. The summed E-state index contributed by atoms with van der Waals surface area (Å²) in [5, 5.41) is 5.98. The number of imidazole rings is 1. The molecule has 5 rings (SSSR count). The van der Waals surface area contributed by atoms with E-state index in [0.717, 1.165) is 28.3 Å². The van der Waals surface area contributed by atoms with Gasteiger partial charge in [0.2, 0.25) is 0 Å². The Morgan fingerprint density at radius 3 is 2.59 bits per heavy atom. The predicted octanol–water partition coefficient (Wildman–Crippen LogP) is 5.74. The average molecular weight is 544 g/mol. The largest absolute Gasteiger partial charge is 0.495 e. The van der Waals surface area contributed by atoms with Gasteiger partial charge in [0, 0.05) is 61.9 Å². The quantitative estimate of drug-likeness (QED) is 0.257. The Labute approximate surface area is 230 Å². The van der Waals surface area contributed by atoms with E-state index in [4.69, 9.17) is 26.1 Å². The van der Waals surface area contributed by atoms with Crippen LogP contribution in [0.4, 0.5) is 22.0 Å². The van der Waals surface area contributed by atoms with Crippen LogP contribution in [-0.4, -0.2) is 46.7 Å². The summed E-state index contributed by atoms with van der Waals surface area (Å²) in [5.74, 6) is 1.59. The fraction of sp³-hybridized carbons (Fsp3) is 0.143. The summed E-state index contributed by atoms with van der Waals surface area (Å²) in [6.07, 6.45) is 9.08. The number of carbonyl (C=O) groups excluding carboxylic acids is 1. The van der Waals surface area contributed by atoms with E-state index in [2.05, 4.69) is 20.6 Å². The molecular formula is C28H26ClN7O3. The number of methoxy groups -OCH3 is 2. The van der Waals surface area contributed by atoms with Gasteiger partial charge < -0.3 is 29.4 Å². The van der Waals surface area contributed by atoms with Crippen LogP contribution >= 0.6 is 11.6 Å². The second kappa shape index (κ2) is 11.3. The Bertz CT molecular complexity index is 1620. The topological polar surface area (TPSA) is 106 Å². The molecule has 2 aromatic carbocycles. The maximum atomic E-state index is 12.8. The van der Waals surface area contributed by atoms with E-state index in [-0.39, 0.29) is 0 Å². The number of nitrogens with one attached hydrogen (secondary N) is 2. The van der Waals surface area contributed by atoms with E-state index in [1.165, 1.54) is 14.2 Å². The second-order valence-corrected chi connectivity index (χ2v) is 9.07. The number of pyridine rings is 1. The summed E-state index contributed by atoms with van der Waals surface area (Å²) in [6, 6.07) is 14.1. The number of fused-ring (bicyclic) bond motifs is 1. The molecule has 0 unspecified atom stereocenters. The molecule has 5 aromatic rings. The van der Waals surface area contributed by atoms with Crippen molar-refractivity contribution in [3.8, 4) is 22.8 Å². The van der Waals surface area contributed by atoms with Gasteiger partial charge in [0.05, 0.1) is 30.6 Å². The summed E-state index contributed by atoms with van der Waals surface area (Å²) >= 11 is 6.23. The summed E-state index contributed by atoms with van der Waals surface area (Å²) in [5.41, 5.74) is 4.40. The standard InChI is InChI=1S/C28H26ClN7O3/c1-35(16-18-7-9-30-10-8-18)27-26-31-11-12-36(26)17-23(33-27)19-5-4-6-20(13-19)32-28(37)34-22-14-21(29)24(38-2)15-25(22)39-3/h4-15,17H,16H2,1-3H3,(H2,32,34,37). The summed E-state index contributed by atoms with van der Waals surface area (Å²) in [4.78, 5) is 28.4. The normalized spacial score (nSPS) is 10.8. The maximum Gasteiger partial charge on any atom is 0.323 e. The zero-order chi connectivity index (χ0) is 27.4. The first-order valence-electron chi connectivity index (χ1n) is 12.0. The highest BCUT2D eigenvalue weighted by molar-refractivity contribution is 6.32. The summed E-state index contributed by atoms with van der Waals surface area (Å²) < 4.78 is 12.5. The van der Waals surface area contributed by atoms with Crippen molar-refractivity contribution < 1.29 is 14.3 Å². The number of anilines is 3. The molecule has 0 aliphatic carbocycles. The van der Waals surface area contributed by atoms with E-state index >= 15 is 0 Å². The van der Waals surface area contributed by atoms with Crippen molar-refractivity contribution in [2.45, 2.75) is 6.54 Å². The van der Waals surface area contributed by atoms with Crippen LogP contribution in [0.25, 0.3) is 16.9 Å². The number of amides is 2. The van der Waals surface area contributed by atoms with Crippen LogP contribution in [-0.2, 0) is 6.54 Å². The minimum absolute atomic E-state index is 0.348. The molecule has 0 spiro atoms. The van der Waals surface area contributed by atoms with Crippen LogP contribution in [0, 0.1) is 0 Å². The van der Waals surface area contributed by atoms with E-state index < -0.39 is 6.03 Å². The number of nitrogens with zero attached hydrogens (tertiary/aromatic N) is 5. The van der Waals surface area contributed by atoms with Gasteiger partial charge in [-0.25, -0.2) is 14.8 Å². The highest BCUT2D eigenvalue weighted by atomic mass is 35.5. The molecule has 198 valence electrons. The first-order valence-corrected chi connectivity index (χ1v) is 12.4. The highest BCUT2D eigenvalue weighted by Gasteiger charge is 2.15. The van der Waals surface area contributed by atoms with Crippen LogP contribution < -0.4 is 25.0 Å². The number of hydrogen-bond donors (Lipinski definition) is 2. The SMILES string of the molecule is COc1cc(OC)c(NC(=O)Nc2cccc(-c3cn4ccnc4c(N(C)Cc4ccncc4)n3)c2)cc1Cl. The average Bonchev–Trinajstić information content (AvgIpc) is 3.42. The Morgan fingerprint density at radius 2 is 1.82 bits per heavy atom. The molecule has 3 heterocycles. The predicted molar refractivity (Wildman–Crippen MR) is 152 cm³/mol. The first-order chi connectivity index (χ1) is 18.9. The van der Waals surface area contributed by atoms with Gasteiger partial charge in [-0.15, -0.1) is 0 Å². The van der Waals surface area contributed by atoms with E-state index in [1.54, 1.807) is 36.8 Å². The van der Waals surface area contributed by atoms with Gasteiger partial charge in [0.1, 0.15) is 11.5 Å². The van der Waals surface area contributed by atoms with Gasteiger partial charge in [-0.05, 0) is 35.9 Å². The molecule has 3 aromatic heterocycles. The number of halogens is 1. The monoisotopic (exact) mass is 543 g/mol. The molecule has 0 atom stereocenters. The Hall–Kier alpha value is -4.83. The lowest BCUT2D eigenvalue weighted by atomic mass is 10.1. The fourth-order valence-electron chi connectivity index (χ4n) is 4.15. The summed E-state index contributed by atoms with van der Waals surface area (Å²) in [7, 11) is 4.99. The second-order valence-electron chi connectivity index (χ2n) is 8.67. The minimum atomic E-state index is -0.456. The molecule has 2 N–H and O–H groups in total. The van der Waals surface area contributed by atoms with Crippen LogP contribution in [0.1, 0.15) is 5.56 Å². The summed E-state index contributed by atoms with van der Waals surface area (Å²) in [6.45, 7) is 0.641. The number of ether oxygens (including phenoxy) is 2. The van der Waals surface area contributed by atoms with Crippen LogP contribution in [0.2, 0.25) is 5.02 Å². The van der Waals surface area contributed by atoms with Gasteiger partial charge >= 0.3 is 6.03 Å². The number of hydrogen-bond acceptors (Lipinski definition) is 7. The molecule has 39 heavy (non-hydrogen) atoms. The highest BCUT2D eigenvalue weighted by Crippen LogP contribution is 2.36. The van der Waals surface area contributed by atoms with Crippen molar-refractivity contribution in [2.75, 3.05) is 36.8 Å². The lowest BCUT2D eigenvalue weighted by molar-refractivity contribution is 0.262. The molecule has 10 nitrogen and oxygen atoms in total. The van der Waals surface area contributed by atoms with Crippen molar-refractivity contribution in [3.05, 3.63) is 90.1 Å². The molecule has 0 aliphatic rings. The zero-order valence-electron chi connectivity index (χ0n) is 21.6. The van der Waals surface area contributed by atoms with Gasteiger partial charge in [-0.1, -0.05) is 23.7 Å². The Balaban J connectivity index is 1.39. The van der Waals surface area contributed by atoms with Gasteiger partial charge in [0.15, 0.2) is 11.5 Å². The third kappa shape index (κ3) is 5.70. The van der Waals surface area contributed by atoms with Crippen LogP contribution in [0.5, 0.6) is 11.5 Å². The molecule has 11 heteroatoms. The molecule has 2 amide bonds. The van der Waals surface area contributed by atoms with E-state index in [9.17, 15) is 4.79 Å². The lowest BCUT2D eigenvalue weighted by Gasteiger charge is -2.20. The number of carbonyl (C=O) groups is 1. The maximum absolute atomic E-state index is 12.8. The Morgan fingerprint density at radius 1 is 1.03 bits per heavy atom. The van der Waals surface area contributed by atoms with Crippen molar-refractivity contribution in [3.63, 3.8) is 0 Å². The lowest BCUT2D eigenvalue weighted by Crippen LogP contribution is -2.20. The number of aromatic nitrogens is 4. The molecule has 0 aliphatic heterocycles. The molecule has 0 saturated carbocycles. The minimum Gasteiger partial charge on any atom is -0.495 e. The van der Waals surface area contributed by atoms with Crippen molar-refractivity contribution in [2.24, 2.45) is 0 Å². The van der Waals surface area contributed by atoms with Crippen molar-refractivity contribution in [1.29, 1.82) is 0 Å². The Kier molecular flexibility index (Phi) is 7.46. The number of benzene rings is 2. The number of urea groups is 1. The fourth-order valence-corrected chi connectivity index (χ4v) is 4.39. The smallest absolute Gasteiger partial charge is 0.323 e. The molecule has 0 fully saturated rings. The molecule has 0 radical (unpaired) electrons. The number of rotatable bonds is 8.